The van der Waals surface area contributed by atoms with Crippen molar-refractivity contribution in [1.29, 1.82) is 0 Å². The molecule has 0 spiro atoms. The van der Waals surface area contributed by atoms with Crippen molar-refractivity contribution in [2.75, 3.05) is 33.5 Å². The highest BCUT2D eigenvalue weighted by Crippen LogP contribution is 2.67. The second-order valence-electron chi connectivity index (χ2n) is 22.1. The van der Waals surface area contributed by atoms with E-state index in [0.717, 1.165) is 19.3 Å². The first-order valence-electron chi connectivity index (χ1n) is 25.7. The largest absolute Gasteiger partial charge is 0.397 e. The highest BCUT2D eigenvalue weighted by atomic mass is 32.3. The maximum atomic E-state index is 12.9. The van der Waals surface area contributed by atoms with Gasteiger partial charge in [-0.05, 0) is 98.2 Å². The first-order valence-corrected chi connectivity index (χ1v) is 28.4. The van der Waals surface area contributed by atoms with Crippen LogP contribution in [0.15, 0.2) is 23.8 Å². The molecule has 25 unspecified atom stereocenters. The fourth-order valence-electron chi connectivity index (χ4n) is 13.4. The predicted octanol–water partition coefficient (Wildman–Crippen LogP) is -0.0823. The Morgan fingerprint density at radius 2 is 1.50 bits per heavy atom. The number of nitrogens with one attached hydrogen (secondary N) is 1. The Kier molecular flexibility index (Phi) is 19.3. The van der Waals surface area contributed by atoms with E-state index in [1.54, 1.807) is 6.92 Å². The molecule has 0 aromatic heterocycles. The number of hydrogen-bond acceptors (Lipinski definition) is 21. The molecule has 25 atom stereocenters. The van der Waals surface area contributed by atoms with Crippen LogP contribution in [0, 0.1) is 52.3 Å². The number of carbonyl (C=O) groups is 1. The minimum Gasteiger partial charge on any atom is -0.394 e. The molecule has 426 valence electrons. The van der Waals surface area contributed by atoms with Crippen LogP contribution in [0.4, 0.5) is 0 Å². The molecule has 0 aromatic carbocycles. The minimum atomic E-state index is -4.84. The Morgan fingerprint density at radius 3 is 2.16 bits per heavy atom. The maximum absolute atomic E-state index is 12.9. The van der Waals surface area contributed by atoms with Crippen molar-refractivity contribution in [2.45, 2.75) is 185 Å². The van der Waals surface area contributed by atoms with Gasteiger partial charge in [-0.15, -0.1) is 0 Å². The van der Waals surface area contributed by atoms with E-state index < -0.39 is 156 Å². The third-order valence-electron chi connectivity index (χ3n) is 17.7. The number of ether oxygens (including phenoxy) is 7. The molecule has 3 saturated heterocycles. The summed E-state index contributed by atoms with van der Waals surface area (Å²) in [5.74, 6) is -0.943. The molecule has 6 fully saturated rings. The minimum absolute atomic E-state index is 0.0416. The highest BCUT2D eigenvalue weighted by molar-refractivity contribution is 7.81. The van der Waals surface area contributed by atoms with Crippen molar-refractivity contribution in [3.05, 3.63) is 23.8 Å². The van der Waals surface area contributed by atoms with E-state index >= 15 is 0 Å². The predicted molar refractivity (Wildman–Crippen MR) is 255 cm³/mol. The van der Waals surface area contributed by atoms with Gasteiger partial charge >= 0.3 is 20.8 Å². The zero-order valence-electron chi connectivity index (χ0n) is 42.8. The van der Waals surface area contributed by atoms with Crippen LogP contribution >= 0.6 is 0 Å². The van der Waals surface area contributed by atoms with E-state index in [-0.39, 0.29) is 53.9 Å². The lowest BCUT2D eigenvalue weighted by atomic mass is 9.47. The Morgan fingerprint density at radius 1 is 0.824 bits per heavy atom. The van der Waals surface area contributed by atoms with Crippen LogP contribution in [-0.4, -0.2) is 199 Å². The van der Waals surface area contributed by atoms with Gasteiger partial charge in [-0.1, -0.05) is 58.4 Å². The summed E-state index contributed by atoms with van der Waals surface area (Å²) in [7, 11) is -8.19. The van der Waals surface area contributed by atoms with Crippen LogP contribution in [-0.2, 0) is 67.1 Å². The summed E-state index contributed by atoms with van der Waals surface area (Å²) in [6.45, 7) is 10.0. The third kappa shape index (κ3) is 12.8. The van der Waals surface area contributed by atoms with Gasteiger partial charge in [0.1, 0.15) is 61.0 Å². The van der Waals surface area contributed by atoms with Crippen molar-refractivity contribution in [3.63, 3.8) is 0 Å². The summed E-state index contributed by atoms with van der Waals surface area (Å²) in [5, 5.41) is 80.3. The average molecular weight is 1100 g/mol. The number of amides is 1. The van der Waals surface area contributed by atoms with E-state index in [0.29, 0.717) is 19.3 Å². The number of aliphatic hydroxyl groups excluding tert-OH is 7. The van der Waals surface area contributed by atoms with Crippen LogP contribution in [0.5, 0.6) is 0 Å². The molecule has 1 amide bonds. The number of rotatable bonds is 19. The molecular weight excluding hydrogens is 1020 g/mol. The molecular formula is C48H79NO23S2. The molecule has 7 aliphatic rings. The van der Waals surface area contributed by atoms with Crippen molar-refractivity contribution < 1.29 is 108 Å². The Balaban J connectivity index is 1.11. The van der Waals surface area contributed by atoms with E-state index in [1.807, 2.05) is 13.0 Å². The Bertz CT molecular complexity index is 2210. The fraction of sp³-hybridized carbons (Fsp3) is 0.896. The van der Waals surface area contributed by atoms with Crippen molar-refractivity contribution in [1.82, 2.24) is 5.32 Å². The fourth-order valence-corrected chi connectivity index (χ4v) is 14.2. The lowest BCUT2D eigenvalue weighted by Gasteiger charge is -2.59. The maximum Gasteiger partial charge on any atom is 0.397 e. The van der Waals surface area contributed by atoms with Crippen molar-refractivity contribution >= 4 is 26.7 Å². The molecule has 0 radical (unpaired) electrons. The molecule has 4 aliphatic carbocycles. The second-order valence-corrected chi connectivity index (χ2v) is 24.3. The highest BCUT2D eigenvalue weighted by Gasteiger charge is 2.62. The van der Waals surface area contributed by atoms with Gasteiger partial charge in [0, 0.05) is 19.6 Å². The van der Waals surface area contributed by atoms with Crippen molar-refractivity contribution in [2.24, 2.45) is 52.3 Å². The van der Waals surface area contributed by atoms with E-state index in [2.05, 4.69) is 42.4 Å². The summed E-state index contributed by atoms with van der Waals surface area (Å²) >= 11 is 0. The summed E-state index contributed by atoms with van der Waals surface area (Å²) in [6.07, 6.45) is -12.4. The van der Waals surface area contributed by atoms with Gasteiger partial charge in [-0.25, -0.2) is 8.37 Å². The molecule has 26 heteroatoms. The number of allylic oxidation sites excluding steroid dienone is 4. The second kappa shape index (κ2) is 23.8. The van der Waals surface area contributed by atoms with Gasteiger partial charge in [0.25, 0.3) is 0 Å². The number of aliphatic hydroxyl groups is 7. The van der Waals surface area contributed by atoms with Crippen LogP contribution in [0.2, 0.25) is 0 Å². The van der Waals surface area contributed by atoms with Crippen LogP contribution in [0.1, 0.15) is 86.5 Å². The molecule has 74 heavy (non-hydrogen) atoms. The molecule has 0 aromatic rings. The number of methoxy groups -OCH3 is 1. The van der Waals surface area contributed by atoms with Gasteiger partial charge < -0.3 is 74.2 Å². The molecule has 3 heterocycles. The summed E-state index contributed by atoms with van der Waals surface area (Å²) in [5.41, 5.74) is 0.449. The Labute approximate surface area is 432 Å². The molecule has 24 nitrogen and oxygen atoms in total. The quantitative estimate of drug-likeness (QED) is 0.0459. The van der Waals surface area contributed by atoms with Gasteiger partial charge in [0.15, 0.2) is 18.9 Å². The monoisotopic (exact) mass is 1100 g/mol. The number of carbonyl (C=O) groups excluding carboxylic acids is 1. The lowest BCUT2D eigenvalue weighted by molar-refractivity contribution is -0.381. The van der Waals surface area contributed by atoms with Gasteiger partial charge in [0.2, 0.25) is 5.91 Å². The zero-order valence-corrected chi connectivity index (χ0v) is 44.5. The molecule has 3 aliphatic heterocycles. The van der Waals surface area contributed by atoms with Gasteiger partial charge in [-0.2, -0.15) is 16.8 Å². The normalized spacial score (nSPS) is 45.2. The molecule has 3 saturated carbocycles. The van der Waals surface area contributed by atoms with Crippen LogP contribution in [0.3, 0.4) is 0 Å². The third-order valence-corrected chi connectivity index (χ3v) is 18.7. The Hall–Kier alpha value is -1.87. The first kappa shape index (κ1) is 59.8. The molecule has 0 bridgehead atoms. The van der Waals surface area contributed by atoms with E-state index in [1.165, 1.54) is 19.6 Å². The van der Waals surface area contributed by atoms with Gasteiger partial charge in [0.05, 0.1) is 38.1 Å². The SMILES string of the molecule is COC1C(O)C(C)OC(OC2C(OC3C(O)C(CO)OC(OC4CC5C(=CCC6(C)C(C(C)C=CC(C)C(C)C(=O)NCCOS(=O)(=O)O)CCC56)C5(C)CCC(OS(=O)(=O)O)CC45)C3O)OCC(O)C2O)C1O. The smallest absolute Gasteiger partial charge is 0.394 e. The molecule has 7 rings (SSSR count). The lowest BCUT2D eigenvalue weighted by Crippen LogP contribution is -2.65. The zero-order chi connectivity index (χ0) is 54.4. The van der Waals surface area contributed by atoms with Gasteiger partial charge in [-0.3, -0.25) is 13.9 Å². The number of fused-ring (bicyclic) bond motifs is 5. The standard InChI is InChI=1S/C48H79NO23S2/c1-22(24(3)43(57)49-16-17-66-73(58,59)60)8-9-23(2)28-10-11-29-27-19-33(31-18-26(72-74(61,62)63)12-14-48(31,6)30(27)13-15-47(28,29)5)68-45-39(56)41(37(54)34(20-50)69-45)70-46-42(36(53)32(51)21-65-46)71-44-38(55)40(64-7)35(52)25(4)67-44/h8-9,13,22-29,31-42,44-46,50-56H,10-12,14-21H2,1-7H3,(H,49,57)(H,58,59,60)(H,61,62,63). The summed E-state index contributed by atoms with van der Waals surface area (Å²) < 4.78 is 116. The first-order chi connectivity index (χ1) is 34.6. The van der Waals surface area contributed by atoms with E-state index in [4.69, 9.17) is 41.9 Å². The van der Waals surface area contributed by atoms with Crippen LogP contribution < -0.4 is 5.32 Å². The average Bonchev–Trinajstić information content (AvgIpc) is 3.69. The number of hydrogen-bond donors (Lipinski definition) is 10. The summed E-state index contributed by atoms with van der Waals surface area (Å²) in [4.78, 5) is 12.9. The topological polar surface area (TPSA) is 363 Å². The van der Waals surface area contributed by atoms with Crippen molar-refractivity contribution in [3.8, 4) is 0 Å². The molecule has 10 N–H and O–H groups in total. The van der Waals surface area contributed by atoms with Crippen LogP contribution in [0.25, 0.3) is 0 Å². The summed E-state index contributed by atoms with van der Waals surface area (Å²) in [6, 6.07) is 0. The van der Waals surface area contributed by atoms with E-state index in [9.17, 15) is 61.9 Å².